The van der Waals surface area contributed by atoms with E-state index in [0.717, 1.165) is 25.9 Å². The van der Waals surface area contributed by atoms with Crippen molar-refractivity contribution in [3.63, 3.8) is 0 Å². The lowest BCUT2D eigenvalue weighted by atomic mass is 9.79. The van der Waals surface area contributed by atoms with E-state index in [1.54, 1.807) is 0 Å². The van der Waals surface area contributed by atoms with Crippen LogP contribution in [0.4, 0.5) is 0 Å². The van der Waals surface area contributed by atoms with Crippen molar-refractivity contribution in [3.05, 3.63) is 12.7 Å². The Balaban J connectivity index is 2.63. The molecular formula is C9H15NO. The van der Waals surface area contributed by atoms with Crippen LogP contribution in [-0.2, 0) is 4.79 Å². The number of piperidine rings is 1. The Morgan fingerprint density at radius 3 is 2.91 bits per heavy atom. The highest BCUT2D eigenvalue weighted by atomic mass is 16.1. The molecule has 62 valence electrons. The molecule has 1 unspecified atom stereocenters. The third-order valence-corrected chi connectivity index (χ3v) is 2.38. The van der Waals surface area contributed by atoms with Crippen molar-refractivity contribution < 1.29 is 4.79 Å². The third kappa shape index (κ3) is 1.69. The average molecular weight is 153 g/mol. The molecule has 1 aliphatic rings. The van der Waals surface area contributed by atoms with Gasteiger partial charge in [0.05, 0.1) is 0 Å². The van der Waals surface area contributed by atoms with Crippen LogP contribution >= 0.6 is 0 Å². The summed E-state index contributed by atoms with van der Waals surface area (Å²) in [6.07, 6.45) is 3.52. The molecule has 1 rings (SSSR count). The maximum Gasteiger partial charge on any atom is 0.162 e. The normalized spacial score (nSPS) is 31.4. The number of nitrogens with one attached hydrogen (secondary N) is 1. The van der Waals surface area contributed by atoms with E-state index in [0.29, 0.717) is 0 Å². The fourth-order valence-electron chi connectivity index (χ4n) is 1.51. The lowest BCUT2D eigenvalue weighted by Gasteiger charge is -2.31. The molecule has 1 N–H and O–H groups in total. The lowest BCUT2D eigenvalue weighted by Crippen LogP contribution is -2.42. The monoisotopic (exact) mass is 153 g/mol. The van der Waals surface area contributed by atoms with E-state index in [1.165, 1.54) is 6.08 Å². The first-order valence-corrected chi connectivity index (χ1v) is 4.07. The Labute approximate surface area is 67.7 Å². The summed E-state index contributed by atoms with van der Waals surface area (Å²) in [5.74, 6) is 0.171. The molecule has 1 aliphatic heterocycles. The van der Waals surface area contributed by atoms with Crippen LogP contribution in [0.15, 0.2) is 12.7 Å². The SMILES string of the molecule is C=CC(=O)C1(C)CCCNC1. The summed E-state index contributed by atoms with van der Waals surface area (Å²) in [6.45, 7) is 7.35. The quantitative estimate of drug-likeness (QED) is 0.602. The minimum absolute atomic E-state index is 0.171. The summed E-state index contributed by atoms with van der Waals surface area (Å²) in [7, 11) is 0. The summed E-state index contributed by atoms with van der Waals surface area (Å²) >= 11 is 0. The van der Waals surface area contributed by atoms with E-state index in [2.05, 4.69) is 11.9 Å². The Bertz CT molecular complexity index is 168. The number of rotatable bonds is 2. The van der Waals surface area contributed by atoms with Crippen LogP contribution in [0.2, 0.25) is 0 Å². The topological polar surface area (TPSA) is 29.1 Å². The van der Waals surface area contributed by atoms with Crippen molar-refractivity contribution in [2.24, 2.45) is 5.41 Å². The molecule has 11 heavy (non-hydrogen) atoms. The van der Waals surface area contributed by atoms with Gasteiger partial charge in [-0.2, -0.15) is 0 Å². The smallest absolute Gasteiger partial charge is 0.162 e. The standard InChI is InChI=1S/C9H15NO/c1-3-8(11)9(2)5-4-6-10-7-9/h3,10H,1,4-7H2,2H3. The zero-order valence-corrected chi connectivity index (χ0v) is 7.02. The van der Waals surface area contributed by atoms with E-state index in [9.17, 15) is 4.79 Å². The Morgan fingerprint density at radius 2 is 2.45 bits per heavy atom. The van der Waals surface area contributed by atoms with Crippen LogP contribution in [0.5, 0.6) is 0 Å². The number of ketones is 1. The van der Waals surface area contributed by atoms with Gasteiger partial charge in [-0.1, -0.05) is 13.5 Å². The van der Waals surface area contributed by atoms with Crippen LogP contribution in [-0.4, -0.2) is 18.9 Å². The van der Waals surface area contributed by atoms with E-state index < -0.39 is 0 Å². The lowest BCUT2D eigenvalue weighted by molar-refractivity contribution is -0.123. The second kappa shape index (κ2) is 3.18. The molecule has 1 atom stereocenters. The number of allylic oxidation sites excluding steroid dienone is 1. The zero-order valence-electron chi connectivity index (χ0n) is 7.02. The van der Waals surface area contributed by atoms with Gasteiger partial charge in [0.25, 0.3) is 0 Å². The van der Waals surface area contributed by atoms with Gasteiger partial charge >= 0.3 is 0 Å². The molecule has 0 aromatic rings. The highest BCUT2D eigenvalue weighted by Gasteiger charge is 2.32. The first-order chi connectivity index (χ1) is 5.19. The molecule has 0 aliphatic carbocycles. The highest BCUT2D eigenvalue weighted by Crippen LogP contribution is 2.26. The van der Waals surface area contributed by atoms with Crippen molar-refractivity contribution >= 4 is 5.78 Å². The minimum Gasteiger partial charge on any atom is -0.316 e. The summed E-state index contributed by atoms with van der Waals surface area (Å²) in [5.41, 5.74) is -0.181. The maximum absolute atomic E-state index is 11.3. The fourth-order valence-corrected chi connectivity index (χ4v) is 1.51. The Hall–Kier alpha value is -0.630. The molecule has 0 amide bonds. The molecule has 1 heterocycles. The average Bonchev–Trinajstić information content (AvgIpc) is 2.04. The molecule has 1 fully saturated rings. The fraction of sp³-hybridized carbons (Fsp3) is 0.667. The van der Waals surface area contributed by atoms with Crippen LogP contribution in [0.3, 0.4) is 0 Å². The molecule has 0 spiro atoms. The molecule has 0 radical (unpaired) electrons. The first-order valence-electron chi connectivity index (χ1n) is 4.07. The Morgan fingerprint density at radius 1 is 1.73 bits per heavy atom. The van der Waals surface area contributed by atoms with Gasteiger partial charge in [-0.05, 0) is 25.5 Å². The number of hydrogen-bond acceptors (Lipinski definition) is 2. The summed E-state index contributed by atoms with van der Waals surface area (Å²) in [4.78, 5) is 11.3. The second-order valence-corrected chi connectivity index (χ2v) is 3.41. The molecule has 0 aromatic carbocycles. The van der Waals surface area contributed by atoms with Crippen molar-refractivity contribution in [1.29, 1.82) is 0 Å². The third-order valence-electron chi connectivity index (χ3n) is 2.38. The van der Waals surface area contributed by atoms with Gasteiger partial charge < -0.3 is 5.32 Å². The highest BCUT2D eigenvalue weighted by molar-refractivity contribution is 5.94. The van der Waals surface area contributed by atoms with Crippen molar-refractivity contribution in [1.82, 2.24) is 5.32 Å². The van der Waals surface area contributed by atoms with Crippen molar-refractivity contribution in [3.8, 4) is 0 Å². The number of carbonyl (C=O) groups is 1. The second-order valence-electron chi connectivity index (χ2n) is 3.41. The summed E-state index contributed by atoms with van der Waals surface area (Å²) < 4.78 is 0. The number of hydrogen-bond donors (Lipinski definition) is 1. The predicted molar refractivity (Wildman–Crippen MR) is 45.4 cm³/mol. The molecule has 1 saturated heterocycles. The largest absolute Gasteiger partial charge is 0.316 e. The van der Waals surface area contributed by atoms with Crippen LogP contribution in [0.1, 0.15) is 19.8 Å². The molecule has 0 aromatic heterocycles. The first kappa shape index (κ1) is 8.47. The molecule has 0 saturated carbocycles. The van der Waals surface area contributed by atoms with Gasteiger partial charge in [-0.3, -0.25) is 4.79 Å². The summed E-state index contributed by atoms with van der Waals surface area (Å²) in [6, 6.07) is 0. The maximum atomic E-state index is 11.3. The minimum atomic E-state index is -0.181. The van der Waals surface area contributed by atoms with E-state index in [-0.39, 0.29) is 11.2 Å². The zero-order chi connectivity index (χ0) is 8.32. The van der Waals surface area contributed by atoms with Gasteiger partial charge in [0.2, 0.25) is 0 Å². The van der Waals surface area contributed by atoms with Crippen LogP contribution in [0, 0.1) is 5.41 Å². The van der Waals surface area contributed by atoms with Crippen molar-refractivity contribution in [2.75, 3.05) is 13.1 Å². The molecule has 0 bridgehead atoms. The predicted octanol–water partition coefficient (Wildman–Crippen LogP) is 1.13. The van der Waals surface area contributed by atoms with Crippen LogP contribution < -0.4 is 5.32 Å². The molecule has 2 nitrogen and oxygen atoms in total. The Kier molecular flexibility index (Phi) is 2.45. The van der Waals surface area contributed by atoms with Crippen LogP contribution in [0.25, 0.3) is 0 Å². The summed E-state index contributed by atoms with van der Waals surface area (Å²) in [5, 5.41) is 3.22. The van der Waals surface area contributed by atoms with Gasteiger partial charge in [-0.15, -0.1) is 0 Å². The molecule has 2 heteroatoms. The van der Waals surface area contributed by atoms with Gasteiger partial charge in [0.1, 0.15) is 0 Å². The van der Waals surface area contributed by atoms with Gasteiger partial charge in [0, 0.05) is 12.0 Å². The van der Waals surface area contributed by atoms with E-state index in [4.69, 9.17) is 0 Å². The van der Waals surface area contributed by atoms with Gasteiger partial charge in [0.15, 0.2) is 5.78 Å². The molecular weight excluding hydrogens is 138 g/mol. The van der Waals surface area contributed by atoms with E-state index >= 15 is 0 Å². The van der Waals surface area contributed by atoms with Gasteiger partial charge in [-0.25, -0.2) is 0 Å². The van der Waals surface area contributed by atoms with E-state index in [1.807, 2.05) is 6.92 Å². The number of carbonyl (C=O) groups excluding carboxylic acids is 1. The van der Waals surface area contributed by atoms with Crippen molar-refractivity contribution in [2.45, 2.75) is 19.8 Å².